The number of sulfone groups is 1. The van der Waals surface area contributed by atoms with Crippen LogP contribution in [0.15, 0.2) is 47.3 Å². The maximum Gasteiger partial charge on any atom is 0.343 e. The van der Waals surface area contributed by atoms with Crippen LogP contribution >= 0.6 is 0 Å². The van der Waals surface area contributed by atoms with Crippen molar-refractivity contribution in [1.29, 1.82) is 0 Å². The minimum Gasteiger partial charge on any atom is -0.462 e. The summed E-state index contributed by atoms with van der Waals surface area (Å²) >= 11 is 0. The van der Waals surface area contributed by atoms with Crippen LogP contribution in [-0.2, 0) is 20.3 Å². The van der Waals surface area contributed by atoms with Crippen LogP contribution in [0.2, 0.25) is 0 Å². The fourth-order valence-electron chi connectivity index (χ4n) is 2.52. The van der Waals surface area contributed by atoms with Crippen molar-refractivity contribution in [1.82, 2.24) is 4.57 Å². The lowest BCUT2D eigenvalue weighted by Gasteiger charge is -2.14. The number of hydrogen-bond donors (Lipinski definition) is 0. The summed E-state index contributed by atoms with van der Waals surface area (Å²) in [7, 11) is -3.35. The molecule has 0 fully saturated rings. The molecule has 2 rings (SSSR count). The monoisotopic (exact) mass is 363 g/mol. The Morgan fingerprint density at radius 2 is 1.76 bits per heavy atom. The third-order valence-electron chi connectivity index (χ3n) is 3.56. The molecule has 6 nitrogen and oxygen atoms in total. The van der Waals surface area contributed by atoms with Crippen LogP contribution in [0.25, 0.3) is 5.69 Å². The van der Waals surface area contributed by atoms with Crippen molar-refractivity contribution in [2.75, 3.05) is 12.4 Å². The molecule has 0 aliphatic rings. The van der Waals surface area contributed by atoms with Crippen LogP contribution in [0.5, 0.6) is 0 Å². The fourth-order valence-corrected chi connectivity index (χ4v) is 3.96. The van der Waals surface area contributed by atoms with Gasteiger partial charge >= 0.3 is 5.97 Å². The number of para-hydroxylation sites is 1. The molecule has 1 aromatic carbocycles. The lowest BCUT2D eigenvalue weighted by molar-refractivity contribution is 0.0524. The second kappa shape index (κ2) is 8.11. The Balaban J connectivity index is 2.63. The summed E-state index contributed by atoms with van der Waals surface area (Å²) in [6.45, 7) is 3.58. The molecule has 134 valence electrons. The first-order valence-corrected chi connectivity index (χ1v) is 9.89. The van der Waals surface area contributed by atoms with Crippen molar-refractivity contribution in [3.05, 3.63) is 64.1 Å². The Labute approximate surface area is 147 Å². The van der Waals surface area contributed by atoms with Crippen molar-refractivity contribution in [2.45, 2.75) is 26.0 Å². The van der Waals surface area contributed by atoms with Gasteiger partial charge in [0, 0.05) is 11.4 Å². The molecule has 0 amide bonds. The largest absolute Gasteiger partial charge is 0.462 e. The molecule has 0 aliphatic carbocycles. The highest BCUT2D eigenvalue weighted by molar-refractivity contribution is 7.90. The number of esters is 1. The summed E-state index contributed by atoms with van der Waals surface area (Å²) in [6.07, 6.45) is 0.499. The number of carbonyl (C=O) groups excluding carboxylic acids is 1. The third kappa shape index (κ3) is 4.57. The summed E-state index contributed by atoms with van der Waals surface area (Å²) in [4.78, 5) is 24.8. The van der Waals surface area contributed by atoms with Crippen molar-refractivity contribution in [2.24, 2.45) is 0 Å². The maximum atomic E-state index is 12.8. The van der Waals surface area contributed by atoms with E-state index in [0.29, 0.717) is 17.8 Å². The Hall–Kier alpha value is -2.41. The van der Waals surface area contributed by atoms with E-state index in [1.54, 1.807) is 44.2 Å². The van der Waals surface area contributed by atoms with Gasteiger partial charge in [0.25, 0.3) is 5.56 Å². The van der Waals surface area contributed by atoms with Crippen molar-refractivity contribution in [3.63, 3.8) is 0 Å². The highest BCUT2D eigenvalue weighted by Crippen LogP contribution is 2.14. The van der Waals surface area contributed by atoms with E-state index in [1.165, 1.54) is 16.7 Å². The van der Waals surface area contributed by atoms with E-state index >= 15 is 0 Å². The number of nitrogens with zero attached hydrogens (tertiary/aromatic N) is 1. The van der Waals surface area contributed by atoms with Crippen molar-refractivity contribution >= 4 is 15.8 Å². The molecular formula is C18H21NO5S. The highest BCUT2D eigenvalue weighted by atomic mass is 32.2. The normalized spacial score (nSPS) is 11.3. The van der Waals surface area contributed by atoms with Crippen LogP contribution in [0.3, 0.4) is 0 Å². The molecule has 1 heterocycles. The number of ether oxygens (including phenoxy) is 1. The first-order chi connectivity index (χ1) is 11.9. The zero-order valence-electron chi connectivity index (χ0n) is 14.3. The Morgan fingerprint density at radius 1 is 1.08 bits per heavy atom. The molecule has 1 aromatic heterocycles. The van der Waals surface area contributed by atoms with Crippen LogP contribution < -0.4 is 5.56 Å². The lowest BCUT2D eigenvalue weighted by Crippen LogP contribution is -2.29. The Morgan fingerprint density at radius 3 is 2.36 bits per heavy atom. The smallest absolute Gasteiger partial charge is 0.343 e. The molecule has 0 saturated carbocycles. The van der Waals surface area contributed by atoms with E-state index in [9.17, 15) is 18.0 Å². The molecule has 0 spiro atoms. The van der Waals surface area contributed by atoms with Gasteiger partial charge in [-0.1, -0.05) is 25.1 Å². The molecule has 0 aliphatic heterocycles. The number of pyridine rings is 1. The topological polar surface area (TPSA) is 82.4 Å². The summed E-state index contributed by atoms with van der Waals surface area (Å²) in [5.74, 6) is -0.955. The number of aromatic nitrogens is 1. The molecule has 0 bridgehead atoms. The van der Waals surface area contributed by atoms with Gasteiger partial charge in [-0.25, -0.2) is 13.2 Å². The van der Waals surface area contributed by atoms with Crippen molar-refractivity contribution < 1.29 is 17.9 Å². The molecule has 0 N–H and O–H groups in total. The second-order valence-electron chi connectivity index (χ2n) is 5.53. The van der Waals surface area contributed by atoms with Gasteiger partial charge in [-0.3, -0.25) is 9.36 Å². The van der Waals surface area contributed by atoms with Crippen LogP contribution in [0.1, 0.15) is 36.3 Å². The van der Waals surface area contributed by atoms with E-state index in [1.807, 2.05) is 0 Å². The summed E-state index contributed by atoms with van der Waals surface area (Å²) in [5, 5.41) is 0. The molecule has 0 unspecified atom stereocenters. The standard InChI is InChI=1S/C18H21NO5S/c1-3-12-25(22,23)13-15-10-11-16(18(21)24-4-2)17(20)19(15)14-8-6-5-7-9-14/h5-11H,3-4,12-13H2,1-2H3. The maximum absolute atomic E-state index is 12.8. The molecule has 7 heteroatoms. The SMILES string of the molecule is CCCS(=O)(=O)Cc1ccc(C(=O)OCC)c(=O)n1-c1ccccc1. The zero-order valence-corrected chi connectivity index (χ0v) is 15.1. The van der Waals surface area contributed by atoms with Gasteiger partial charge in [-0.05, 0) is 37.6 Å². The van der Waals surface area contributed by atoms with Gasteiger partial charge < -0.3 is 4.74 Å². The first kappa shape index (κ1) is 18.9. The lowest BCUT2D eigenvalue weighted by atomic mass is 10.2. The first-order valence-electron chi connectivity index (χ1n) is 8.07. The van der Waals surface area contributed by atoms with Crippen LogP contribution in [0, 0.1) is 0 Å². The number of hydrogen-bond acceptors (Lipinski definition) is 5. The molecular weight excluding hydrogens is 342 g/mol. The predicted molar refractivity (Wildman–Crippen MR) is 95.8 cm³/mol. The highest BCUT2D eigenvalue weighted by Gasteiger charge is 2.20. The van der Waals surface area contributed by atoms with E-state index in [2.05, 4.69) is 0 Å². The van der Waals surface area contributed by atoms with Gasteiger partial charge in [-0.2, -0.15) is 0 Å². The number of benzene rings is 1. The van der Waals surface area contributed by atoms with Gasteiger partial charge in [0.05, 0.1) is 18.1 Å². The zero-order chi connectivity index (χ0) is 18.4. The molecule has 0 atom stereocenters. The average molecular weight is 363 g/mol. The summed E-state index contributed by atoms with van der Waals surface area (Å²) in [5.41, 5.74) is 0.106. The molecule has 2 aromatic rings. The van der Waals surface area contributed by atoms with Gasteiger partial charge in [0.15, 0.2) is 9.84 Å². The minimum atomic E-state index is -3.35. The molecule has 0 saturated heterocycles. The van der Waals surface area contributed by atoms with Gasteiger partial charge in [0.2, 0.25) is 0 Å². The second-order valence-corrected chi connectivity index (χ2v) is 7.71. The molecule has 25 heavy (non-hydrogen) atoms. The van der Waals surface area contributed by atoms with Crippen LogP contribution in [0.4, 0.5) is 0 Å². The van der Waals surface area contributed by atoms with E-state index < -0.39 is 21.4 Å². The number of rotatable bonds is 7. The van der Waals surface area contributed by atoms with Gasteiger partial charge in [-0.15, -0.1) is 0 Å². The molecule has 0 radical (unpaired) electrons. The third-order valence-corrected chi connectivity index (χ3v) is 5.32. The minimum absolute atomic E-state index is 0.0373. The summed E-state index contributed by atoms with van der Waals surface area (Å²) < 4.78 is 30.6. The Bertz CT molecular complexity index is 901. The quantitative estimate of drug-likeness (QED) is 0.705. The van der Waals surface area contributed by atoms with E-state index in [-0.39, 0.29) is 23.7 Å². The van der Waals surface area contributed by atoms with E-state index in [4.69, 9.17) is 4.74 Å². The number of carbonyl (C=O) groups is 1. The van der Waals surface area contributed by atoms with Crippen LogP contribution in [-0.4, -0.2) is 31.3 Å². The summed E-state index contributed by atoms with van der Waals surface area (Å²) in [6, 6.07) is 11.5. The van der Waals surface area contributed by atoms with E-state index in [0.717, 1.165) is 0 Å². The Kier molecular flexibility index (Phi) is 6.14. The van der Waals surface area contributed by atoms with Gasteiger partial charge in [0.1, 0.15) is 5.56 Å². The predicted octanol–water partition coefficient (Wildman–Crippen LogP) is 2.34. The average Bonchev–Trinajstić information content (AvgIpc) is 2.55. The fraction of sp³-hybridized carbons (Fsp3) is 0.333. The van der Waals surface area contributed by atoms with Crippen molar-refractivity contribution in [3.8, 4) is 5.69 Å².